The Hall–Kier alpha value is -1.40. The lowest BCUT2D eigenvalue weighted by atomic mass is 10.1. The fourth-order valence-corrected chi connectivity index (χ4v) is 1.98. The van der Waals surface area contributed by atoms with Crippen molar-refractivity contribution in [3.05, 3.63) is 43.6 Å². The first-order valence-corrected chi connectivity index (χ1v) is 6.02. The molecule has 0 bridgehead atoms. The number of nitrogens with zero attached hydrogens (tertiary/aromatic N) is 1. The Labute approximate surface area is 115 Å². The Morgan fingerprint density at radius 1 is 1.50 bits per heavy atom. The van der Waals surface area contributed by atoms with Gasteiger partial charge in [-0.2, -0.15) is 0 Å². The van der Waals surface area contributed by atoms with Gasteiger partial charge in [0.05, 0.1) is 10.2 Å². The molecule has 0 aliphatic heterocycles. The Morgan fingerprint density at radius 3 is 2.83 bits per heavy atom. The monoisotopic (exact) mass is 332 g/mol. The van der Waals surface area contributed by atoms with Gasteiger partial charge in [0.15, 0.2) is 0 Å². The van der Waals surface area contributed by atoms with Gasteiger partial charge in [-0.15, -0.1) is 0 Å². The number of aromatic amines is 1. The lowest BCUT2D eigenvalue weighted by molar-refractivity contribution is 0.470. The number of benzene rings is 1. The SMILES string of the molecule is Cc1nc(-c2cc(O)c(Br)cc2F)c(Cl)c(=O)[nH]1. The maximum Gasteiger partial charge on any atom is 0.270 e. The number of aryl methyl sites for hydroxylation is 1. The van der Waals surface area contributed by atoms with Gasteiger partial charge in [0.2, 0.25) is 0 Å². The van der Waals surface area contributed by atoms with Crippen molar-refractivity contribution >= 4 is 27.5 Å². The van der Waals surface area contributed by atoms with Crippen LogP contribution in [-0.2, 0) is 0 Å². The van der Waals surface area contributed by atoms with Crippen LogP contribution in [-0.4, -0.2) is 15.1 Å². The molecule has 0 radical (unpaired) electrons. The molecule has 0 atom stereocenters. The van der Waals surface area contributed by atoms with E-state index in [0.717, 1.165) is 12.1 Å². The van der Waals surface area contributed by atoms with E-state index < -0.39 is 11.4 Å². The van der Waals surface area contributed by atoms with E-state index in [1.54, 1.807) is 6.92 Å². The average Bonchev–Trinajstić information content (AvgIpc) is 2.29. The summed E-state index contributed by atoms with van der Waals surface area (Å²) in [6.45, 7) is 1.55. The van der Waals surface area contributed by atoms with E-state index in [0.29, 0.717) is 5.82 Å². The quantitative estimate of drug-likeness (QED) is 0.843. The fourth-order valence-electron chi connectivity index (χ4n) is 1.47. The second-order valence-electron chi connectivity index (χ2n) is 3.60. The summed E-state index contributed by atoms with van der Waals surface area (Å²) in [4.78, 5) is 17.9. The van der Waals surface area contributed by atoms with Crippen LogP contribution >= 0.6 is 27.5 Å². The maximum atomic E-state index is 13.8. The van der Waals surface area contributed by atoms with Crippen LogP contribution in [0.25, 0.3) is 11.3 Å². The molecule has 0 saturated heterocycles. The van der Waals surface area contributed by atoms with Gasteiger partial charge in [0.25, 0.3) is 5.56 Å². The lowest BCUT2D eigenvalue weighted by Crippen LogP contribution is -2.11. The molecule has 0 amide bonds. The molecule has 1 aromatic heterocycles. The normalized spacial score (nSPS) is 10.7. The predicted octanol–water partition coefficient (Wildman–Crippen LogP) is 3.01. The minimum Gasteiger partial charge on any atom is -0.507 e. The summed E-state index contributed by atoms with van der Waals surface area (Å²) in [6.07, 6.45) is 0. The smallest absolute Gasteiger partial charge is 0.270 e. The van der Waals surface area contributed by atoms with Crippen LogP contribution in [0.5, 0.6) is 5.75 Å². The molecule has 0 fully saturated rings. The summed E-state index contributed by atoms with van der Waals surface area (Å²) in [5, 5.41) is 9.32. The van der Waals surface area contributed by atoms with Gasteiger partial charge in [0, 0.05) is 5.56 Å². The van der Waals surface area contributed by atoms with E-state index in [4.69, 9.17) is 11.6 Å². The largest absolute Gasteiger partial charge is 0.507 e. The van der Waals surface area contributed by atoms with Gasteiger partial charge in [-0.3, -0.25) is 4.79 Å². The summed E-state index contributed by atoms with van der Waals surface area (Å²) < 4.78 is 14.0. The molecular formula is C11H7BrClFN2O2. The van der Waals surface area contributed by atoms with Crippen molar-refractivity contribution in [1.29, 1.82) is 0 Å². The number of phenolic OH excluding ortho intramolecular Hbond substituents is 1. The molecule has 1 heterocycles. The highest BCUT2D eigenvalue weighted by molar-refractivity contribution is 9.10. The summed E-state index contributed by atoms with van der Waals surface area (Å²) in [6, 6.07) is 2.24. The van der Waals surface area contributed by atoms with Crippen molar-refractivity contribution < 1.29 is 9.50 Å². The van der Waals surface area contributed by atoms with Crippen molar-refractivity contribution in [2.24, 2.45) is 0 Å². The van der Waals surface area contributed by atoms with E-state index in [1.165, 1.54) is 0 Å². The second-order valence-corrected chi connectivity index (χ2v) is 4.83. The van der Waals surface area contributed by atoms with Crippen molar-refractivity contribution in [3.8, 4) is 17.0 Å². The third-order valence-electron chi connectivity index (χ3n) is 2.27. The number of halogens is 3. The number of aromatic nitrogens is 2. The van der Waals surface area contributed by atoms with Crippen molar-refractivity contribution in [1.82, 2.24) is 9.97 Å². The molecule has 2 aromatic rings. The van der Waals surface area contributed by atoms with E-state index in [-0.39, 0.29) is 26.5 Å². The summed E-state index contributed by atoms with van der Waals surface area (Å²) in [5.74, 6) is -0.498. The third kappa shape index (κ3) is 2.26. The Morgan fingerprint density at radius 2 is 2.17 bits per heavy atom. The molecule has 4 nitrogen and oxygen atoms in total. The van der Waals surface area contributed by atoms with E-state index in [9.17, 15) is 14.3 Å². The number of phenols is 1. The van der Waals surface area contributed by atoms with Gasteiger partial charge < -0.3 is 10.1 Å². The highest BCUT2D eigenvalue weighted by atomic mass is 79.9. The zero-order valence-electron chi connectivity index (χ0n) is 9.09. The van der Waals surface area contributed by atoms with Crippen molar-refractivity contribution in [2.75, 3.05) is 0 Å². The van der Waals surface area contributed by atoms with Gasteiger partial charge in [-0.25, -0.2) is 9.37 Å². The van der Waals surface area contributed by atoms with Crippen molar-refractivity contribution in [3.63, 3.8) is 0 Å². The molecule has 0 saturated carbocycles. The Balaban J connectivity index is 2.77. The third-order valence-corrected chi connectivity index (χ3v) is 3.26. The zero-order chi connectivity index (χ0) is 13.4. The fraction of sp³-hybridized carbons (Fsp3) is 0.0909. The number of H-pyrrole nitrogens is 1. The number of hydrogen-bond acceptors (Lipinski definition) is 3. The maximum absolute atomic E-state index is 13.8. The second kappa shape index (κ2) is 4.70. The van der Waals surface area contributed by atoms with Crippen LogP contribution in [0.3, 0.4) is 0 Å². The molecule has 2 N–H and O–H groups in total. The number of rotatable bonds is 1. The number of aromatic hydroxyl groups is 1. The van der Waals surface area contributed by atoms with Gasteiger partial charge in [-0.05, 0) is 35.0 Å². The molecule has 94 valence electrons. The number of nitrogens with one attached hydrogen (secondary N) is 1. The molecule has 1 aromatic carbocycles. The lowest BCUT2D eigenvalue weighted by Gasteiger charge is -2.07. The minimum absolute atomic E-state index is 0.00165. The molecule has 0 unspecified atom stereocenters. The molecule has 0 aliphatic carbocycles. The average molecular weight is 334 g/mol. The first-order valence-electron chi connectivity index (χ1n) is 4.85. The van der Waals surface area contributed by atoms with Crippen LogP contribution in [0.4, 0.5) is 4.39 Å². The predicted molar refractivity (Wildman–Crippen MR) is 69.4 cm³/mol. The number of hydrogen-bond donors (Lipinski definition) is 2. The van der Waals surface area contributed by atoms with Crippen LogP contribution in [0.1, 0.15) is 5.82 Å². The van der Waals surface area contributed by atoms with E-state index in [1.807, 2.05) is 0 Å². The van der Waals surface area contributed by atoms with Gasteiger partial charge >= 0.3 is 0 Å². The van der Waals surface area contributed by atoms with Crippen LogP contribution in [0.2, 0.25) is 5.02 Å². The summed E-state index contributed by atoms with van der Waals surface area (Å²) >= 11 is 8.79. The first-order chi connectivity index (χ1) is 8.40. The minimum atomic E-state index is -0.640. The molecule has 18 heavy (non-hydrogen) atoms. The van der Waals surface area contributed by atoms with Crippen LogP contribution in [0.15, 0.2) is 21.4 Å². The first kappa shape index (κ1) is 13.0. The van der Waals surface area contributed by atoms with Gasteiger partial charge in [0.1, 0.15) is 22.4 Å². The highest BCUT2D eigenvalue weighted by Crippen LogP contribution is 2.33. The molecule has 0 spiro atoms. The molecule has 7 heteroatoms. The Bertz CT molecular complexity index is 687. The molecular weight excluding hydrogens is 326 g/mol. The van der Waals surface area contributed by atoms with Crippen LogP contribution in [0, 0.1) is 12.7 Å². The van der Waals surface area contributed by atoms with E-state index >= 15 is 0 Å². The standard InChI is InChI=1S/C11H7BrClFN2O2/c1-4-15-10(9(13)11(18)16-4)5-2-8(17)6(12)3-7(5)14/h2-3,17H,1H3,(H,15,16,18). The summed E-state index contributed by atoms with van der Waals surface area (Å²) in [5.41, 5.74) is -0.589. The van der Waals surface area contributed by atoms with Gasteiger partial charge in [-0.1, -0.05) is 11.6 Å². The zero-order valence-corrected chi connectivity index (χ0v) is 11.4. The van der Waals surface area contributed by atoms with Crippen molar-refractivity contribution in [2.45, 2.75) is 6.92 Å². The Kier molecular flexibility index (Phi) is 3.41. The molecule has 0 aliphatic rings. The highest BCUT2D eigenvalue weighted by Gasteiger charge is 2.16. The van der Waals surface area contributed by atoms with Crippen LogP contribution < -0.4 is 5.56 Å². The van der Waals surface area contributed by atoms with E-state index in [2.05, 4.69) is 25.9 Å². The topological polar surface area (TPSA) is 66.0 Å². The summed E-state index contributed by atoms with van der Waals surface area (Å²) in [7, 11) is 0. The molecule has 2 rings (SSSR count).